The third kappa shape index (κ3) is 3.02. The smallest absolute Gasteiger partial charge is 0.229 e. The van der Waals surface area contributed by atoms with Crippen LogP contribution in [-0.4, -0.2) is 42.8 Å². The van der Waals surface area contributed by atoms with Crippen molar-refractivity contribution in [3.05, 3.63) is 30.5 Å². The number of carbonyl (C=O) groups excluding carboxylic acids is 1. The fraction of sp³-hybridized carbons (Fsp3) is 0.529. The first kappa shape index (κ1) is 16.9. The van der Waals surface area contributed by atoms with E-state index in [-0.39, 0.29) is 11.9 Å². The summed E-state index contributed by atoms with van der Waals surface area (Å²) < 4.78 is 1.90. The number of amides is 1. The topological polar surface area (TPSA) is 63.9 Å². The molecule has 0 bridgehead atoms. The van der Waals surface area contributed by atoms with Gasteiger partial charge >= 0.3 is 0 Å². The van der Waals surface area contributed by atoms with Crippen LogP contribution in [0.3, 0.4) is 0 Å². The lowest BCUT2D eigenvalue weighted by molar-refractivity contribution is -0.140. The van der Waals surface area contributed by atoms with Crippen molar-refractivity contribution < 1.29 is 4.79 Å². The Hall–Kier alpha value is -1.95. The van der Waals surface area contributed by atoms with Gasteiger partial charge in [0.1, 0.15) is 5.69 Å². The normalized spacial score (nSPS) is 18.2. The molecule has 0 aliphatic carbocycles. The van der Waals surface area contributed by atoms with Crippen molar-refractivity contribution in [2.24, 2.45) is 12.5 Å². The van der Waals surface area contributed by atoms with E-state index in [1.165, 1.54) is 0 Å². The Balaban J connectivity index is 1.83. The molecule has 0 radical (unpaired) electrons. The number of likely N-dealkylation sites (tertiary alicyclic amines) is 1. The van der Waals surface area contributed by atoms with Crippen LogP contribution < -0.4 is 0 Å². The van der Waals surface area contributed by atoms with Gasteiger partial charge in [-0.3, -0.25) is 9.78 Å². The van der Waals surface area contributed by atoms with Crippen molar-refractivity contribution in [3.63, 3.8) is 0 Å². The fourth-order valence-corrected chi connectivity index (χ4v) is 3.12. The second-order valence-corrected chi connectivity index (χ2v) is 7.13. The van der Waals surface area contributed by atoms with Gasteiger partial charge in [-0.15, -0.1) is 11.6 Å². The number of rotatable bonds is 4. The van der Waals surface area contributed by atoms with E-state index >= 15 is 0 Å². The third-order valence-electron chi connectivity index (χ3n) is 4.49. The van der Waals surface area contributed by atoms with Crippen LogP contribution in [0.2, 0.25) is 0 Å². The summed E-state index contributed by atoms with van der Waals surface area (Å²) in [5.41, 5.74) is 0.984. The molecule has 6 nitrogen and oxygen atoms in total. The van der Waals surface area contributed by atoms with Crippen molar-refractivity contribution in [3.8, 4) is 11.5 Å². The Morgan fingerprint density at radius 2 is 2.12 bits per heavy atom. The molecule has 1 saturated heterocycles. The predicted molar refractivity (Wildman–Crippen MR) is 92.4 cm³/mol. The van der Waals surface area contributed by atoms with Gasteiger partial charge in [0.15, 0.2) is 5.82 Å². The zero-order valence-corrected chi connectivity index (χ0v) is 15.0. The molecular weight excluding hydrogens is 326 g/mol. The summed E-state index contributed by atoms with van der Waals surface area (Å²) in [7, 11) is 1.92. The third-order valence-corrected chi connectivity index (χ3v) is 5.16. The predicted octanol–water partition coefficient (Wildman–Crippen LogP) is 2.81. The van der Waals surface area contributed by atoms with E-state index in [9.17, 15) is 4.79 Å². The number of aryl methyl sites for hydroxylation is 1. The van der Waals surface area contributed by atoms with Gasteiger partial charge in [-0.1, -0.05) is 0 Å². The number of carbonyl (C=O) groups is 1. The molecule has 7 heteroatoms. The first-order chi connectivity index (χ1) is 11.4. The fourth-order valence-electron chi connectivity index (χ4n) is 3.00. The lowest BCUT2D eigenvalue weighted by atomic mass is 9.93. The largest absolute Gasteiger partial charge is 0.334 e. The minimum absolute atomic E-state index is 0.0251. The zero-order valence-electron chi connectivity index (χ0n) is 14.2. The van der Waals surface area contributed by atoms with Crippen molar-refractivity contribution in [1.29, 1.82) is 0 Å². The number of hydrogen-bond donors (Lipinski definition) is 0. The summed E-state index contributed by atoms with van der Waals surface area (Å²) in [5, 5.41) is 0. The highest BCUT2D eigenvalue weighted by Crippen LogP contribution is 2.35. The summed E-state index contributed by atoms with van der Waals surface area (Å²) in [4.78, 5) is 28.0. The lowest BCUT2D eigenvalue weighted by Crippen LogP contribution is -2.41. The van der Waals surface area contributed by atoms with Crippen molar-refractivity contribution in [1.82, 2.24) is 24.4 Å². The molecule has 128 valence electrons. The molecule has 3 heterocycles. The summed E-state index contributed by atoms with van der Waals surface area (Å²) in [5.74, 6) is 1.16. The van der Waals surface area contributed by atoms with E-state index in [0.717, 1.165) is 36.6 Å². The average Bonchev–Trinajstić information content (AvgIpc) is 3.23. The van der Waals surface area contributed by atoms with Crippen molar-refractivity contribution in [2.75, 3.05) is 12.4 Å². The lowest BCUT2D eigenvalue weighted by Gasteiger charge is -2.31. The van der Waals surface area contributed by atoms with Crippen LogP contribution in [0, 0.1) is 5.41 Å². The molecule has 24 heavy (non-hydrogen) atoms. The summed E-state index contributed by atoms with van der Waals surface area (Å²) in [6, 6.07) is -0.0251. The molecule has 0 aromatic carbocycles. The molecular formula is C17H22ClN5O. The Bertz CT molecular complexity index is 725. The molecule has 1 aliphatic rings. The number of nitrogens with zero attached hydrogens (tertiary/aromatic N) is 5. The second kappa shape index (κ2) is 6.51. The Morgan fingerprint density at radius 1 is 1.33 bits per heavy atom. The summed E-state index contributed by atoms with van der Waals surface area (Å²) >= 11 is 5.97. The molecule has 0 N–H and O–H groups in total. The van der Waals surface area contributed by atoms with Gasteiger partial charge < -0.3 is 9.47 Å². The van der Waals surface area contributed by atoms with Gasteiger partial charge in [0.2, 0.25) is 5.91 Å². The number of aromatic nitrogens is 4. The van der Waals surface area contributed by atoms with E-state index in [2.05, 4.69) is 15.0 Å². The summed E-state index contributed by atoms with van der Waals surface area (Å²) in [6.45, 7) is 4.51. The van der Waals surface area contributed by atoms with E-state index in [1.807, 2.05) is 36.6 Å². The molecule has 2 aromatic rings. The van der Waals surface area contributed by atoms with Gasteiger partial charge in [-0.25, -0.2) is 9.97 Å². The molecule has 3 rings (SSSR count). The number of hydrogen-bond acceptors (Lipinski definition) is 4. The monoisotopic (exact) mass is 347 g/mol. The van der Waals surface area contributed by atoms with Crippen molar-refractivity contribution in [2.45, 2.75) is 32.7 Å². The standard InChI is InChI=1S/C17H22ClN5O/c1-17(2,11-18)16(24)23-7-4-5-14(23)12-9-21-13(10-20-12)15-19-6-8-22(15)3/h6,8-10,14H,4-5,7,11H2,1-3H3. The van der Waals surface area contributed by atoms with E-state index < -0.39 is 5.41 Å². The zero-order chi connectivity index (χ0) is 17.3. The summed E-state index contributed by atoms with van der Waals surface area (Å²) in [6.07, 6.45) is 8.96. The highest BCUT2D eigenvalue weighted by atomic mass is 35.5. The Kier molecular flexibility index (Phi) is 4.58. The first-order valence-electron chi connectivity index (χ1n) is 8.11. The molecule has 1 fully saturated rings. The Labute approximate surface area is 146 Å². The van der Waals surface area contributed by atoms with Gasteiger partial charge in [0.25, 0.3) is 0 Å². The Morgan fingerprint density at radius 3 is 2.71 bits per heavy atom. The van der Waals surface area contributed by atoms with Crippen LogP contribution in [0.1, 0.15) is 38.4 Å². The van der Waals surface area contributed by atoms with Gasteiger partial charge in [0.05, 0.1) is 29.5 Å². The van der Waals surface area contributed by atoms with E-state index in [1.54, 1.807) is 18.6 Å². The molecule has 0 spiro atoms. The van der Waals surface area contributed by atoms with Crippen molar-refractivity contribution >= 4 is 17.5 Å². The molecule has 0 saturated carbocycles. The van der Waals surface area contributed by atoms with Crippen LogP contribution in [0.15, 0.2) is 24.8 Å². The highest BCUT2D eigenvalue weighted by molar-refractivity contribution is 6.19. The molecule has 2 aromatic heterocycles. The molecule has 1 amide bonds. The maximum absolute atomic E-state index is 12.8. The maximum Gasteiger partial charge on any atom is 0.229 e. The van der Waals surface area contributed by atoms with Crippen LogP contribution in [0.5, 0.6) is 0 Å². The average molecular weight is 348 g/mol. The van der Waals surface area contributed by atoms with Gasteiger partial charge in [-0.2, -0.15) is 0 Å². The van der Waals surface area contributed by atoms with E-state index in [4.69, 9.17) is 11.6 Å². The van der Waals surface area contributed by atoms with Gasteiger partial charge in [-0.05, 0) is 26.7 Å². The van der Waals surface area contributed by atoms with Crippen LogP contribution >= 0.6 is 11.6 Å². The van der Waals surface area contributed by atoms with Gasteiger partial charge in [0, 0.05) is 31.9 Å². The maximum atomic E-state index is 12.8. The van der Waals surface area contributed by atoms with Crippen LogP contribution in [-0.2, 0) is 11.8 Å². The van der Waals surface area contributed by atoms with Crippen LogP contribution in [0.25, 0.3) is 11.5 Å². The highest BCUT2D eigenvalue weighted by Gasteiger charge is 2.38. The number of imidazole rings is 1. The molecule has 1 unspecified atom stereocenters. The SMILES string of the molecule is Cn1ccnc1-c1cnc(C2CCCN2C(=O)C(C)(C)CCl)cn1. The molecule has 1 aliphatic heterocycles. The first-order valence-corrected chi connectivity index (χ1v) is 8.64. The van der Waals surface area contributed by atoms with E-state index in [0.29, 0.717) is 5.88 Å². The second-order valence-electron chi connectivity index (χ2n) is 6.86. The van der Waals surface area contributed by atoms with Crippen LogP contribution in [0.4, 0.5) is 0 Å². The number of halogens is 1. The quantitative estimate of drug-likeness (QED) is 0.798. The number of alkyl halides is 1. The minimum Gasteiger partial charge on any atom is -0.334 e. The minimum atomic E-state index is -0.565. The molecule has 1 atom stereocenters.